The molecule has 0 aliphatic carbocycles. The van der Waals surface area contributed by atoms with E-state index in [9.17, 15) is 0 Å². The molecule has 0 unspecified atom stereocenters. The second-order valence-electron chi connectivity index (χ2n) is 5.22. The molecule has 0 bridgehead atoms. The van der Waals surface area contributed by atoms with Gasteiger partial charge in [-0.3, -0.25) is 9.58 Å². The van der Waals surface area contributed by atoms with Crippen molar-refractivity contribution < 1.29 is 4.74 Å². The van der Waals surface area contributed by atoms with Crippen LogP contribution in [0.4, 0.5) is 0 Å². The van der Waals surface area contributed by atoms with Gasteiger partial charge in [-0.15, -0.1) is 16.8 Å². The molecule has 7 nitrogen and oxygen atoms in total. The zero-order valence-electron chi connectivity index (χ0n) is 12.3. The molecule has 2 aromatic rings. The van der Waals surface area contributed by atoms with Gasteiger partial charge in [0.25, 0.3) is 0 Å². The van der Waals surface area contributed by atoms with E-state index in [1.54, 1.807) is 6.08 Å². The number of aryl methyl sites for hydroxylation is 1. The van der Waals surface area contributed by atoms with Crippen molar-refractivity contribution >= 4 is 0 Å². The molecule has 0 fully saturated rings. The molecule has 21 heavy (non-hydrogen) atoms. The maximum Gasteiger partial charge on any atom is 0.159 e. The average molecular weight is 288 g/mol. The lowest BCUT2D eigenvalue weighted by Gasteiger charge is -2.27. The van der Waals surface area contributed by atoms with Crippen molar-refractivity contribution in [2.45, 2.75) is 26.2 Å². The number of fused-ring (bicyclic) bond motifs is 1. The highest BCUT2D eigenvalue weighted by atomic mass is 16.5. The van der Waals surface area contributed by atoms with Crippen LogP contribution in [0.25, 0.3) is 0 Å². The Bertz CT molecular complexity index is 617. The van der Waals surface area contributed by atoms with E-state index in [2.05, 4.69) is 31.3 Å². The van der Waals surface area contributed by atoms with Gasteiger partial charge in [-0.2, -0.15) is 5.10 Å². The van der Waals surface area contributed by atoms with Gasteiger partial charge < -0.3 is 9.30 Å². The Morgan fingerprint density at radius 3 is 3.05 bits per heavy atom. The van der Waals surface area contributed by atoms with Gasteiger partial charge in [-0.25, -0.2) is 0 Å². The predicted octanol–water partition coefficient (Wildman–Crippen LogP) is 0.730. The molecule has 0 N–H and O–H groups in total. The summed E-state index contributed by atoms with van der Waals surface area (Å²) in [6, 6.07) is 0. The SMILES string of the molecule is C=CCOCc1nnc2n1CCN(Cc1cnn(C)c1)C2. The number of hydrogen-bond donors (Lipinski definition) is 0. The van der Waals surface area contributed by atoms with E-state index >= 15 is 0 Å². The zero-order chi connectivity index (χ0) is 14.7. The summed E-state index contributed by atoms with van der Waals surface area (Å²) in [7, 11) is 1.94. The van der Waals surface area contributed by atoms with Crippen LogP contribution in [0.3, 0.4) is 0 Å². The molecule has 0 radical (unpaired) electrons. The monoisotopic (exact) mass is 288 g/mol. The summed E-state index contributed by atoms with van der Waals surface area (Å²) < 4.78 is 9.44. The quantitative estimate of drug-likeness (QED) is 0.579. The highest BCUT2D eigenvalue weighted by Gasteiger charge is 2.21. The summed E-state index contributed by atoms with van der Waals surface area (Å²) in [5, 5.41) is 12.7. The van der Waals surface area contributed by atoms with Crippen LogP contribution < -0.4 is 0 Å². The smallest absolute Gasteiger partial charge is 0.159 e. The summed E-state index contributed by atoms with van der Waals surface area (Å²) in [6.07, 6.45) is 5.70. The molecule has 1 aliphatic rings. The van der Waals surface area contributed by atoms with E-state index in [0.717, 1.165) is 37.8 Å². The molecular weight excluding hydrogens is 268 g/mol. The number of aromatic nitrogens is 5. The maximum absolute atomic E-state index is 5.45. The molecule has 0 saturated heterocycles. The van der Waals surface area contributed by atoms with Crippen molar-refractivity contribution in [1.82, 2.24) is 29.4 Å². The minimum absolute atomic E-state index is 0.488. The summed E-state index contributed by atoms with van der Waals surface area (Å²) in [5.41, 5.74) is 1.22. The lowest BCUT2D eigenvalue weighted by molar-refractivity contribution is 0.135. The van der Waals surface area contributed by atoms with Crippen LogP contribution in [0.2, 0.25) is 0 Å². The van der Waals surface area contributed by atoms with E-state index in [-0.39, 0.29) is 0 Å². The highest BCUT2D eigenvalue weighted by molar-refractivity contribution is 5.05. The third-order valence-corrected chi connectivity index (χ3v) is 3.54. The van der Waals surface area contributed by atoms with Gasteiger partial charge in [0.05, 0.1) is 19.3 Å². The van der Waals surface area contributed by atoms with Crippen LogP contribution in [0.1, 0.15) is 17.2 Å². The summed E-state index contributed by atoms with van der Waals surface area (Å²) in [6.45, 7) is 8.24. The van der Waals surface area contributed by atoms with Gasteiger partial charge in [0, 0.05) is 38.4 Å². The predicted molar refractivity (Wildman–Crippen MR) is 77.2 cm³/mol. The average Bonchev–Trinajstić information content (AvgIpc) is 3.06. The Kier molecular flexibility index (Phi) is 4.12. The normalized spacial score (nSPS) is 15.1. The fourth-order valence-electron chi connectivity index (χ4n) is 2.55. The molecule has 0 saturated carbocycles. The molecule has 7 heteroatoms. The second kappa shape index (κ2) is 6.19. The molecule has 3 rings (SSSR count). The molecule has 3 heterocycles. The molecule has 0 amide bonds. The van der Waals surface area contributed by atoms with E-state index in [1.807, 2.05) is 24.1 Å². The molecule has 0 atom stereocenters. The largest absolute Gasteiger partial charge is 0.369 e. The van der Waals surface area contributed by atoms with Crippen LogP contribution in [-0.2, 0) is 38.0 Å². The minimum atomic E-state index is 0.488. The van der Waals surface area contributed by atoms with E-state index in [0.29, 0.717) is 13.2 Å². The standard InChI is InChI=1S/C14H20N6O/c1-3-6-21-11-14-17-16-13-10-19(4-5-20(13)14)9-12-7-15-18(2)8-12/h3,7-8H,1,4-6,9-11H2,2H3. The van der Waals surface area contributed by atoms with Crippen molar-refractivity contribution in [3.8, 4) is 0 Å². The van der Waals surface area contributed by atoms with Crippen molar-refractivity contribution in [3.63, 3.8) is 0 Å². The van der Waals surface area contributed by atoms with Gasteiger partial charge in [-0.1, -0.05) is 6.08 Å². The van der Waals surface area contributed by atoms with Crippen molar-refractivity contribution in [2.75, 3.05) is 13.2 Å². The number of nitrogens with zero attached hydrogens (tertiary/aromatic N) is 6. The van der Waals surface area contributed by atoms with Crippen molar-refractivity contribution in [3.05, 3.63) is 42.3 Å². The molecule has 112 valence electrons. The first-order valence-electron chi connectivity index (χ1n) is 7.05. The first-order chi connectivity index (χ1) is 10.3. The van der Waals surface area contributed by atoms with Gasteiger partial charge in [0.1, 0.15) is 12.4 Å². The van der Waals surface area contributed by atoms with E-state index in [4.69, 9.17) is 4.74 Å². The molecule has 2 aromatic heterocycles. The Morgan fingerprint density at radius 2 is 2.29 bits per heavy atom. The first-order valence-corrected chi connectivity index (χ1v) is 7.05. The Hall–Kier alpha value is -1.99. The van der Waals surface area contributed by atoms with Gasteiger partial charge in [0.2, 0.25) is 0 Å². The third kappa shape index (κ3) is 3.20. The van der Waals surface area contributed by atoms with E-state index in [1.165, 1.54) is 5.56 Å². The summed E-state index contributed by atoms with van der Waals surface area (Å²) in [5.74, 6) is 1.90. The fraction of sp³-hybridized carbons (Fsp3) is 0.500. The number of hydrogen-bond acceptors (Lipinski definition) is 5. The maximum atomic E-state index is 5.45. The lowest BCUT2D eigenvalue weighted by atomic mass is 10.3. The molecule has 0 aromatic carbocycles. The molecule has 1 aliphatic heterocycles. The summed E-state index contributed by atoms with van der Waals surface area (Å²) in [4.78, 5) is 2.36. The van der Waals surface area contributed by atoms with Gasteiger partial charge in [-0.05, 0) is 0 Å². The van der Waals surface area contributed by atoms with Gasteiger partial charge in [0.15, 0.2) is 5.82 Å². The molecular formula is C14H20N6O. The van der Waals surface area contributed by atoms with Crippen LogP contribution in [0, 0.1) is 0 Å². The Labute approximate surface area is 123 Å². The third-order valence-electron chi connectivity index (χ3n) is 3.54. The van der Waals surface area contributed by atoms with Gasteiger partial charge >= 0.3 is 0 Å². The van der Waals surface area contributed by atoms with Crippen LogP contribution in [-0.4, -0.2) is 42.6 Å². The van der Waals surface area contributed by atoms with E-state index < -0.39 is 0 Å². The van der Waals surface area contributed by atoms with Crippen molar-refractivity contribution in [1.29, 1.82) is 0 Å². The summed E-state index contributed by atoms with van der Waals surface area (Å²) >= 11 is 0. The lowest BCUT2D eigenvalue weighted by Crippen LogP contribution is -2.34. The highest BCUT2D eigenvalue weighted by Crippen LogP contribution is 2.15. The fourth-order valence-corrected chi connectivity index (χ4v) is 2.55. The Balaban J connectivity index is 1.62. The Morgan fingerprint density at radius 1 is 1.38 bits per heavy atom. The number of rotatable bonds is 6. The topological polar surface area (TPSA) is 61.0 Å². The van der Waals surface area contributed by atoms with Crippen LogP contribution >= 0.6 is 0 Å². The minimum Gasteiger partial charge on any atom is -0.369 e. The first kappa shape index (κ1) is 14.0. The van der Waals surface area contributed by atoms with Crippen molar-refractivity contribution in [2.24, 2.45) is 7.05 Å². The molecule has 0 spiro atoms. The second-order valence-corrected chi connectivity index (χ2v) is 5.22. The number of ether oxygens (including phenoxy) is 1. The zero-order valence-corrected chi connectivity index (χ0v) is 12.3. The van der Waals surface area contributed by atoms with Crippen LogP contribution in [0.5, 0.6) is 0 Å². The van der Waals surface area contributed by atoms with Crippen LogP contribution in [0.15, 0.2) is 25.0 Å².